The minimum atomic E-state index is -1.37. The molecule has 0 saturated heterocycles. The van der Waals surface area contributed by atoms with E-state index in [-0.39, 0.29) is 18.1 Å². The van der Waals surface area contributed by atoms with Crippen LogP contribution in [0.3, 0.4) is 0 Å². The molecule has 0 fully saturated rings. The molecule has 6 nitrogen and oxygen atoms in total. The number of nitrogens with two attached hydrogens (primary N) is 1. The summed E-state index contributed by atoms with van der Waals surface area (Å²) in [6, 6.07) is 14.1. The highest BCUT2D eigenvalue weighted by Crippen LogP contribution is 2.25. The second-order valence-corrected chi connectivity index (χ2v) is 5.46. The molecule has 0 spiro atoms. The summed E-state index contributed by atoms with van der Waals surface area (Å²) in [4.78, 5) is 19.9. The molecule has 1 heterocycles. The van der Waals surface area contributed by atoms with E-state index in [1.807, 2.05) is 0 Å². The van der Waals surface area contributed by atoms with Crippen molar-refractivity contribution in [3.63, 3.8) is 0 Å². The molecule has 3 rings (SSSR count). The summed E-state index contributed by atoms with van der Waals surface area (Å²) in [6.45, 7) is -0.268. The molecule has 0 unspecified atom stereocenters. The predicted octanol–water partition coefficient (Wildman–Crippen LogP) is 2.64. The zero-order valence-corrected chi connectivity index (χ0v) is 13.7. The standard InChI is InChI=1S/C19H16FN3O3/c20-13-3-7-15(8-4-13)26-14-5-1-12(2-6-14)19-22-10-9-16(23-19)18(25)17(24)11-21/h1-10,18,25H,11,21H2/t18-/m1/s1. The molecule has 0 amide bonds. The molecule has 0 saturated carbocycles. The first-order valence-electron chi connectivity index (χ1n) is 7.84. The fourth-order valence-corrected chi connectivity index (χ4v) is 2.25. The highest BCUT2D eigenvalue weighted by atomic mass is 19.1. The Morgan fingerprint density at radius 2 is 1.69 bits per heavy atom. The van der Waals surface area contributed by atoms with Crippen molar-refractivity contribution < 1.29 is 19.0 Å². The van der Waals surface area contributed by atoms with E-state index in [0.717, 1.165) is 0 Å². The number of hydrogen-bond acceptors (Lipinski definition) is 6. The summed E-state index contributed by atoms with van der Waals surface area (Å²) in [5, 5.41) is 9.92. The molecule has 3 N–H and O–H groups in total. The van der Waals surface area contributed by atoms with Crippen molar-refractivity contribution in [2.75, 3.05) is 6.54 Å². The Kier molecular flexibility index (Phi) is 5.31. The first kappa shape index (κ1) is 17.7. The quantitative estimate of drug-likeness (QED) is 0.707. The topological polar surface area (TPSA) is 98.3 Å². The van der Waals surface area contributed by atoms with Gasteiger partial charge in [-0.2, -0.15) is 0 Å². The second kappa shape index (κ2) is 7.81. The maximum Gasteiger partial charge on any atom is 0.180 e. The molecule has 1 atom stereocenters. The number of aromatic nitrogens is 2. The van der Waals surface area contributed by atoms with Crippen molar-refractivity contribution in [2.45, 2.75) is 6.10 Å². The molecular formula is C19H16FN3O3. The van der Waals surface area contributed by atoms with E-state index in [1.165, 1.54) is 36.5 Å². The molecule has 132 valence electrons. The molecule has 0 aliphatic rings. The van der Waals surface area contributed by atoms with Gasteiger partial charge in [0.05, 0.1) is 12.2 Å². The SMILES string of the molecule is NCC(=O)[C@H](O)c1ccnc(-c2ccc(Oc3ccc(F)cc3)cc2)n1. The zero-order chi connectivity index (χ0) is 18.5. The number of ether oxygens (including phenoxy) is 1. The lowest BCUT2D eigenvalue weighted by Gasteiger charge is -2.09. The van der Waals surface area contributed by atoms with E-state index in [4.69, 9.17) is 10.5 Å². The highest BCUT2D eigenvalue weighted by Gasteiger charge is 2.18. The maximum atomic E-state index is 12.9. The molecule has 1 aromatic heterocycles. The van der Waals surface area contributed by atoms with Gasteiger partial charge in [-0.15, -0.1) is 0 Å². The molecule has 3 aromatic rings. The van der Waals surface area contributed by atoms with Crippen molar-refractivity contribution in [3.05, 3.63) is 72.3 Å². The Bertz CT molecular complexity index is 899. The van der Waals surface area contributed by atoms with Crippen LogP contribution in [0.2, 0.25) is 0 Å². The Morgan fingerprint density at radius 3 is 2.31 bits per heavy atom. The van der Waals surface area contributed by atoms with E-state index in [0.29, 0.717) is 22.9 Å². The van der Waals surface area contributed by atoms with Crippen LogP contribution in [0.4, 0.5) is 4.39 Å². The number of carbonyl (C=O) groups is 1. The number of aliphatic hydroxyl groups excluding tert-OH is 1. The van der Waals surface area contributed by atoms with Gasteiger partial charge < -0.3 is 15.6 Å². The number of carbonyl (C=O) groups excluding carboxylic acids is 1. The van der Waals surface area contributed by atoms with E-state index in [1.54, 1.807) is 24.3 Å². The van der Waals surface area contributed by atoms with Crippen LogP contribution in [0.15, 0.2) is 60.8 Å². The van der Waals surface area contributed by atoms with Crippen LogP contribution in [0, 0.1) is 5.82 Å². The van der Waals surface area contributed by atoms with Crippen molar-refractivity contribution in [1.82, 2.24) is 9.97 Å². The van der Waals surface area contributed by atoms with Gasteiger partial charge in [0, 0.05) is 11.8 Å². The average molecular weight is 353 g/mol. The van der Waals surface area contributed by atoms with Gasteiger partial charge in [-0.25, -0.2) is 14.4 Å². The predicted molar refractivity (Wildman–Crippen MR) is 93.0 cm³/mol. The highest BCUT2D eigenvalue weighted by molar-refractivity contribution is 5.85. The molecule has 26 heavy (non-hydrogen) atoms. The van der Waals surface area contributed by atoms with Crippen LogP contribution < -0.4 is 10.5 Å². The fourth-order valence-electron chi connectivity index (χ4n) is 2.25. The van der Waals surface area contributed by atoms with Crippen molar-refractivity contribution in [3.8, 4) is 22.9 Å². The molecule has 0 aliphatic carbocycles. The lowest BCUT2D eigenvalue weighted by atomic mass is 10.1. The van der Waals surface area contributed by atoms with Gasteiger partial charge in [0.15, 0.2) is 17.7 Å². The lowest BCUT2D eigenvalue weighted by molar-refractivity contribution is -0.126. The summed E-state index contributed by atoms with van der Waals surface area (Å²) < 4.78 is 18.5. The van der Waals surface area contributed by atoms with Crippen LogP contribution in [-0.4, -0.2) is 27.4 Å². The van der Waals surface area contributed by atoms with E-state index < -0.39 is 11.9 Å². The largest absolute Gasteiger partial charge is 0.457 e. The summed E-state index contributed by atoms with van der Waals surface area (Å²) in [5.74, 6) is 0.591. The van der Waals surface area contributed by atoms with Crippen molar-refractivity contribution >= 4 is 5.78 Å². The van der Waals surface area contributed by atoms with Crippen LogP contribution in [0.1, 0.15) is 11.8 Å². The number of benzene rings is 2. The Balaban J connectivity index is 1.78. The zero-order valence-electron chi connectivity index (χ0n) is 13.7. The van der Waals surface area contributed by atoms with Crippen molar-refractivity contribution in [1.29, 1.82) is 0 Å². The molecule has 0 aliphatic heterocycles. The van der Waals surface area contributed by atoms with Crippen LogP contribution in [0.25, 0.3) is 11.4 Å². The van der Waals surface area contributed by atoms with E-state index in [2.05, 4.69) is 9.97 Å². The number of aliphatic hydroxyl groups is 1. The minimum absolute atomic E-state index is 0.192. The van der Waals surface area contributed by atoms with Gasteiger partial charge in [-0.05, 0) is 54.6 Å². The molecule has 0 radical (unpaired) electrons. The summed E-state index contributed by atoms with van der Waals surface area (Å²) in [7, 11) is 0. The minimum Gasteiger partial charge on any atom is -0.457 e. The first-order valence-corrected chi connectivity index (χ1v) is 7.84. The van der Waals surface area contributed by atoms with Crippen molar-refractivity contribution in [2.24, 2.45) is 5.73 Å². The third-order valence-corrected chi connectivity index (χ3v) is 3.63. The number of hydrogen-bond donors (Lipinski definition) is 2. The number of ketones is 1. The average Bonchev–Trinajstić information content (AvgIpc) is 2.69. The number of halogens is 1. The molecule has 2 aromatic carbocycles. The maximum absolute atomic E-state index is 12.9. The lowest BCUT2D eigenvalue weighted by Crippen LogP contribution is -2.22. The fraction of sp³-hybridized carbons (Fsp3) is 0.105. The summed E-state index contributed by atoms with van der Waals surface area (Å²) in [6.07, 6.45) is 0.0935. The normalized spacial score (nSPS) is 11.8. The summed E-state index contributed by atoms with van der Waals surface area (Å²) >= 11 is 0. The monoisotopic (exact) mass is 353 g/mol. The Hall–Kier alpha value is -3.16. The second-order valence-electron chi connectivity index (χ2n) is 5.46. The van der Waals surface area contributed by atoms with Crippen LogP contribution in [-0.2, 0) is 4.79 Å². The van der Waals surface area contributed by atoms with Gasteiger partial charge in [0.2, 0.25) is 0 Å². The molecule has 7 heteroatoms. The van der Waals surface area contributed by atoms with Gasteiger partial charge in [-0.1, -0.05) is 0 Å². The Morgan fingerprint density at radius 1 is 1.08 bits per heavy atom. The molecular weight excluding hydrogens is 337 g/mol. The van der Waals surface area contributed by atoms with Gasteiger partial charge in [0.1, 0.15) is 17.3 Å². The Labute approximate surface area is 149 Å². The third-order valence-electron chi connectivity index (χ3n) is 3.63. The summed E-state index contributed by atoms with van der Waals surface area (Å²) in [5.41, 5.74) is 6.14. The van der Waals surface area contributed by atoms with Crippen LogP contribution >= 0.6 is 0 Å². The third kappa shape index (κ3) is 4.08. The smallest absolute Gasteiger partial charge is 0.180 e. The van der Waals surface area contributed by atoms with Gasteiger partial charge in [0.25, 0.3) is 0 Å². The van der Waals surface area contributed by atoms with Gasteiger partial charge >= 0.3 is 0 Å². The first-order chi connectivity index (χ1) is 12.6. The van der Waals surface area contributed by atoms with Crippen LogP contribution in [0.5, 0.6) is 11.5 Å². The van der Waals surface area contributed by atoms with E-state index >= 15 is 0 Å². The molecule has 0 bridgehead atoms. The number of Topliss-reactive ketones (excluding diaryl/α,β-unsaturated/α-hetero) is 1. The number of rotatable bonds is 6. The van der Waals surface area contributed by atoms with E-state index in [9.17, 15) is 14.3 Å². The van der Waals surface area contributed by atoms with Gasteiger partial charge in [-0.3, -0.25) is 4.79 Å². The number of nitrogens with zero attached hydrogens (tertiary/aromatic N) is 2.